The van der Waals surface area contributed by atoms with Crippen LogP contribution in [-0.4, -0.2) is 53.0 Å². The highest BCUT2D eigenvalue weighted by Crippen LogP contribution is 2.42. The largest absolute Gasteiger partial charge is 0.505 e. The van der Waals surface area contributed by atoms with Gasteiger partial charge in [-0.05, 0) is 86.4 Å². The maximum absolute atomic E-state index is 13.6. The number of para-hydroxylation sites is 1. The molecule has 12 heteroatoms. The summed E-state index contributed by atoms with van der Waals surface area (Å²) in [5.74, 6) is -3.25. The number of aryl methyl sites for hydroxylation is 2. The van der Waals surface area contributed by atoms with E-state index < -0.39 is 43.0 Å². The first-order chi connectivity index (χ1) is 19.8. The summed E-state index contributed by atoms with van der Waals surface area (Å²) in [6, 6.07) is 9.87. The van der Waals surface area contributed by atoms with E-state index in [2.05, 4.69) is 15.8 Å². The lowest BCUT2D eigenvalue weighted by molar-refractivity contribution is -0.143. The number of anilines is 2. The number of hydrogen-bond acceptors (Lipinski definition) is 7. The molecule has 0 bridgehead atoms. The third kappa shape index (κ3) is 6.64. The predicted molar refractivity (Wildman–Crippen MR) is 152 cm³/mol. The van der Waals surface area contributed by atoms with Gasteiger partial charge >= 0.3 is 12.1 Å². The van der Waals surface area contributed by atoms with Crippen molar-refractivity contribution in [3.05, 3.63) is 64.2 Å². The van der Waals surface area contributed by atoms with Crippen LogP contribution < -0.4 is 15.6 Å². The van der Waals surface area contributed by atoms with E-state index in [9.17, 15) is 37.8 Å². The van der Waals surface area contributed by atoms with Crippen LogP contribution in [0.2, 0.25) is 0 Å². The van der Waals surface area contributed by atoms with Crippen LogP contribution in [0.15, 0.2) is 52.6 Å². The molecule has 0 aromatic heterocycles. The number of carbonyl (C=O) groups is 3. The van der Waals surface area contributed by atoms with E-state index >= 15 is 0 Å². The van der Waals surface area contributed by atoms with Crippen LogP contribution in [0, 0.1) is 19.8 Å². The van der Waals surface area contributed by atoms with Crippen molar-refractivity contribution in [1.82, 2.24) is 5.32 Å². The molecule has 1 fully saturated rings. The quantitative estimate of drug-likeness (QED) is 0.191. The maximum atomic E-state index is 13.6. The molecule has 2 aliphatic rings. The second-order valence-corrected chi connectivity index (χ2v) is 10.8. The van der Waals surface area contributed by atoms with Crippen molar-refractivity contribution in [3.8, 4) is 5.75 Å². The molecule has 2 amide bonds. The van der Waals surface area contributed by atoms with Gasteiger partial charge in [0.1, 0.15) is 5.75 Å². The number of carboxylic acids is 1. The van der Waals surface area contributed by atoms with Crippen molar-refractivity contribution in [3.63, 3.8) is 0 Å². The molecule has 2 atom stereocenters. The van der Waals surface area contributed by atoms with Crippen LogP contribution in [0.25, 0.3) is 0 Å². The Morgan fingerprint density at radius 3 is 2.48 bits per heavy atom. The Balaban J connectivity index is 1.69. The number of phenols is 1. The molecule has 42 heavy (non-hydrogen) atoms. The predicted octanol–water partition coefficient (Wildman–Crippen LogP) is 5.18. The minimum atomic E-state index is -4.50. The van der Waals surface area contributed by atoms with Crippen molar-refractivity contribution in [2.24, 2.45) is 11.0 Å². The highest BCUT2D eigenvalue weighted by atomic mass is 19.4. The fourth-order valence-corrected chi connectivity index (χ4v) is 5.36. The SMILES string of the molecule is CC1=C(CNCC(F)(F)F)C(=O)N(c2ccc(C)c(C)c2)C(=O)/C1=N/Nc1cccc(C2CCCC(C(=O)O)C2)c1O. The number of aliphatic carboxylic acids is 1. The number of carbonyl (C=O) groups excluding carboxylic acids is 2. The van der Waals surface area contributed by atoms with Crippen LogP contribution in [-0.2, 0) is 14.4 Å². The van der Waals surface area contributed by atoms with Crippen molar-refractivity contribution in [2.75, 3.05) is 23.4 Å². The Kier molecular flexibility index (Phi) is 9.05. The van der Waals surface area contributed by atoms with Gasteiger partial charge in [0.2, 0.25) is 0 Å². The Hall–Kier alpha value is -4.19. The normalized spacial score (nSPS) is 20.8. The van der Waals surface area contributed by atoms with E-state index in [0.29, 0.717) is 31.2 Å². The zero-order chi connectivity index (χ0) is 30.8. The number of amides is 2. The Morgan fingerprint density at radius 2 is 1.81 bits per heavy atom. The number of hydrogen-bond donors (Lipinski definition) is 4. The lowest BCUT2D eigenvalue weighted by atomic mass is 9.77. The van der Waals surface area contributed by atoms with Gasteiger partial charge in [-0.3, -0.25) is 19.8 Å². The molecule has 2 aromatic rings. The molecular formula is C30H33F3N4O5. The molecule has 2 unspecified atom stereocenters. The summed E-state index contributed by atoms with van der Waals surface area (Å²) in [5.41, 5.74) is 5.22. The van der Waals surface area contributed by atoms with Crippen LogP contribution in [0.5, 0.6) is 5.75 Å². The number of hydrazone groups is 1. The summed E-state index contributed by atoms with van der Waals surface area (Å²) in [7, 11) is 0. The van der Waals surface area contributed by atoms with Gasteiger partial charge < -0.3 is 15.5 Å². The van der Waals surface area contributed by atoms with Crippen molar-refractivity contribution < 1.29 is 37.8 Å². The van der Waals surface area contributed by atoms with Gasteiger partial charge in [0.25, 0.3) is 11.8 Å². The minimum absolute atomic E-state index is 0.0579. The molecule has 0 radical (unpaired) electrons. The third-order valence-electron chi connectivity index (χ3n) is 7.87. The molecule has 1 aliphatic carbocycles. The maximum Gasteiger partial charge on any atom is 0.401 e. The average molecular weight is 587 g/mol. The number of rotatable bonds is 8. The van der Waals surface area contributed by atoms with E-state index in [-0.39, 0.29) is 39.9 Å². The number of imide groups is 1. The van der Waals surface area contributed by atoms with Gasteiger partial charge in [-0.1, -0.05) is 24.6 Å². The monoisotopic (exact) mass is 586 g/mol. The first kappa shape index (κ1) is 30.8. The van der Waals surface area contributed by atoms with Crippen molar-refractivity contribution in [1.29, 1.82) is 0 Å². The molecule has 9 nitrogen and oxygen atoms in total. The van der Waals surface area contributed by atoms with Gasteiger partial charge in [-0.15, -0.1) is 0 Å². The van der Waals surface area contributed by atoms with Gasteiger partial charge in [0, 0.05) is 12.1 Å². The topological polar surface area (TPSA) is 131 Å². The number of halogens is 3. The van der Waals surface area contributed by atoms with Gasteiger partial charge in [0.15, 0.2) is 5.71 Å². The Morgan fingerprint density at radius 1 is 1.07 bits per heavy atom. The number of nitrogens with zero attached hydrogens (tertiary/aromatic N) is 2. The lowest BCUT2D eigenvalue weighted by Crippen LogP contribution is -2.49. The second-order valence-electron chi connectivity index (χ2n) is 10.8. The molecule has 2 aromatic carbocycles. The van der Waals surface area contributed by atoms with Crippen LogP contribution >= 0.6 is 0 Å². The molecule has 1 saturated carbocycles. The molecule has 1 heterocycles. The minimum Gasteiger partial charge on any atom is -0.505 e. The van der Waals surface area contributed by atoms with E-state index in [0.717, 1.165) is 16.0 Å². The fourth-order valence-electron chi connectivity index (χ4n) is 5.36. The smallest absolute Gasteiger partial charge is 0.401 e. The molecule has 1 aliphatic heterocycles. The third-order valence-corrected chi connectivity index (χ3v) is 7.87. The van der Waals surface area contributed by atoms with Crippen LogP contribution in [0.3, 0.4) is 0 Å². The summed E-state index contributed by atoms with van der Waals surface area (Å²) in [6.07, 6.45) is -2.14. The zero-order valence-electron chi connectivity index (χ0n) is 23.5. The number of carboxylic acid groups (broad SMARTS) is 1. The molecular weight excluding hydrogens is 553 g/mol. The number of aromatic hydroxyl groups is 1. The number of benzene rings is 2. The fraction of sp³-hybridized carbons (Fsp3) is 0.400. The Labute approximate surface area is 241 Å². The van der Waals surface area contributed by atoms with E-state index in [1.54, 1.807) is 30.3 Å². The molecule has 4 N–H and O–H groups in total. The van der Waals surface area contributed by atoms with E-state index in [1.165, 1.54) is 13.0 Å². The molecule has 0 spiro atoms. The first-order valence-electron chi connectivity index (χ1n) is 13.6. The second kappa shape index (κ2) is 12.4. The van der Waals surface area contributed by atoms with Gasteiger partial charge in [-0.2, -0.15) is 18.3 Å². The average Bonchev–Trinajstić information content (AvgIpc) is 2.92. The van der Waals surface area contributed by atoms with Crippen molar-refractivity contribution in [2.45, 2.75) is 58.5 Å². The number of alkyl halides is 3. The number of nitrogens with one attached hydrogen (secondary N) is 2. The highest BCUT2D eigenvalue weighted by molar-refractivity contribution is 6.57. The van der Waals surface area contributed by atoms with Gasteiger partial charge in [-0.25, -0.2) is 4.90 Å². The zero-order valence-corrected chi connectivity index (χ0v) is 23.5. The molecule has 4 rings (SSSR count). The molecule has 0 saturated heterocycles. The summed E-state index contributed by atoms with van der Waals surface area (Å²) in [6.45, 7) is 3.32. The van der Waals surface area contributed by atoms with Crippen LogP contribution in [0.1, 0.15) is 55.2 Å². The summed E-state index contributed by atoms with van der Waals surface area (Å²) < 4.78 is 38.5. The summed E-state index contributed by atoms with van der Waals surface area (Å²) in [4.78, 5) is 39.5. The lowest BCUT2D eigenvalue weighted by Gasteiger charge is -2.29. The van der Waals surface area contributed by atoms with E-state index in [4.69, 9.17) is 0 Å². The van der Waals surface area contributed by atoms with Crippen molar-refractivity contribution >= 4 is 34.9 Å². The molecule has 224 valence electrons. The van der Waals surface area contributed by atoms with Gasteiger partial charge in [0.05, 0.1) is 23.8 Å². The Bertz CT molecular complexity index is 1470. The first-order valence-corrected chi connectivity index (χ1v) is 13.6. The van der Waals surface area contributed by atoms with Crippen LogP contribution in [0.4, 0.5) is 24.5 Å². The standard InChI is InChI=1S/C30H33F3N4O5/c1-16-10-11-21(12-17(16)2)37-27(39)23(14-34-15-30(31,32)33)18(3)25(28(37)40)36-35-24-9-5-8-22(26(24)38)19-6-4-7-20(13-19)29(41)42/h5,8-12,19-20,34-35,38H,4,6-7,13-15H2,1-3H3,(H,41,42)/b36-25+. The highest BCUT2D eigenvalue weighted by Gasteiger charge is 2.38. The summed E-state index contributed by atoms with van der Waals surface area (Å²) in [5, 5.41) is 26.9. The van der Waals surface area contributed by atoms with E-state index in [1.807, 2.05) is 13.8 Å². The summed E-state index contributed by atoms with van der Waals surface area (Å²) >= 11 is 0. The number of phenolic OH excluding ortho intramolecular Hbond substituents is 1.